The highest BCUT2D eigenvalue weighted by molar-refractivity contribution is 5.88. The number of nitrogens with one attached hydrogen (secondary N) is 1. The summed E-state index contributed by atoms with van der Waals surface area (Å²) in [6, 6.07) is 13.0. The Kier molecular flexibility index (Phi) is 6.00. The van der Waals surface area contributed by atoms with Gasteiger partial charge in [0.1, 0.15) is 12.6 Å². The van der Waals surface area contributed by atoms with E-state index in [2.05, 4.69) is 16.6 Å². The molecule has 1 amide bonds. The van der Waals surface area contributed by atoms with Crippen molar-refractivity contribution >= 4 is 23.0 Å². The molecule has 0 saturated carbocycles. The summed E-state index contributed by atoms with van der Waals surface area (Å²) in [5.74, 6) is 1.13. The summed E-state index contributed by atoms with van der Waals surface area (Å²) in [4.78, 5) is 12.3. The van der Waals surface area contributed by atoms with Crippen LogP contribution in [0.4, 0.5) is 0 Å². The predicted octanol–water partition coefficient (Wildman–Crippen LogP) is 2.69. The molecule has 1 N–H and O–H groups in total. The summed E-state index contributed by atoms with van der Waals surface area (Å²) >= 11 is 0. The number of para-hydroxylation sites is 1. The highest BCUT2D eigenvalue weighted by Gasteiger charge is 2.13. The maximum atomic E-state index is 12.3. The van der Waals surface area contributed by atoms with Gasteiger partial charge in [-0.1, -0.05) is 18.2 Å². The zero-order chi connectivity index (χ0) is 20.8. The topological polar surface area (TPSA) is 97.9 Å². The van der Waals surface area contributed by atoms with Crippen LogP contribution in [0.15, 0.2) is 47.7 Å². The molecule has 0 aliphatic heterocycles. The molecular weight excluding hydrogens is 372 g/mol. The molecule has 0 aliphatic rings. The fourth-order valence-corrected chi connectivity index (χ4v) is 3.01. The zero-order valence-corrected chi connectivity index (χ0v) is 16.3. The van der Waals surface area contributed by atoms with E-state index in [4.69, 9.17) is 14.2 Å². The molecule has 8 heteroatoms. The Hall–Kier alpha value is -3.99. The van der Waals surface area contributed by atoms with Gasteiger partial charge < -0.3 is 18.8 Å². The number of ether oxygens (including phenoxy) is 3. The lowest BCUT2D eigenvalue weighted by Gasteiger charge is -2.12. The van der Waals surface area contributed by atoms with E-state index >= 15 is 0 Å². The molecule has 1 heterocycles. The van der Waals surface area contributed by atoms with E-state index in [0.717, 1.165) is 10.9 Å². The number of hydrogen-bond donors (Lipinski definition) is 1. The Morgan fingerprint density at radius 1 is 1.17 bits per heavy atom. The maximum absolute atomic E-state index is 12.3. The van der Waals surface area contributed by atoms with Crippen molar-refractivity contribution in [2.45, 2.75) is 6.54 Å². The molecule has 0 unspecified atom stereocenters. The Balaban J connectivity index is 1.73. The summed E-state index contributed by atoms with van der Waals surface area (Å²) in [5, 5.41) is 14.1. The number of amides is 1. The fourth-order valence-electron chi connectivity index (χ4n) is 3.01. The minimum Gasteiger partial charge on any atom is -0.493 e. The van der Waals surface area contributed by atoms with Crippen molar-refractivity contribution in [3.63, 3.8) is 0 Å². The second-order valence-corrected chi connectivity index (χ2v) is 6.05. The number of methoxy groups -OCH3 is 3. The highest BCUT2D eigenvalue weighted by Crippen LogP contribution is 2.37. The smallest absolute Gasteiger partial charge is 0.259 e. The predicted molar refractivity (Wildman–Crippen MR) is 108 cm³/mol. The summed E-state index contributed by atoms with van der Waals surface area (Å²) in [7, 11) is 4.57. The van der Waals surface area contributed by atoms with E-state index in [9.17, 15) is 10.1 Å². The van der Waals surface area contributed by atoms with Gasteiger partial charge >= 0.3 is 0 Å². The van der Waals surface area contributed by atoms with Gasteiger partial charge in [0.15, 0.2) is 11.5 Å². The van der Waals surface area contributed by atoms with Gasteiger partial charge in [0.05, 0.1) is 33.1 Å². The van der Waals surface area contributed by atoms with E-state index in [1.165, 1.54) is 27.5 Å². The first kappa shape index (κ1) is 19.8. The van der Waals surface area contributed by atoms with Gasteiger partial charge in [-0.15, -0.1) is 0 Å². The second-order valence-electron chi connectivity index (χ2n) is 6.05. The number of hydrazone groups is 1. The molecule has 0 aliphatic carbocycles. The SMILES string of the molecule is COc1cc(C=NNC(=O)Cn2cc(C#N)c3ccccc32)cc(OC)c1OC. The number of benzene rings is 2. The number of rotatable bonds is 7. The van der Waals surface area contributed by atoms with E-state index < -0.39 is 0 Å². The Morgan fingerprint density at radius 3 is 2.48 bits per heavy atom. The molecule has 0 fully saturated rings. The minimum atomic E-state index is -0.320. The normalized spacial score (nSPS) is 10.7. The molecule has 0 radical (unpaired) electrons. The molecule has 0 spiro atoms. The number of aromatic nitrogens is 1. The molecule has 3 rings (SSSR count). The minimum absolute atomic E-state index is 0.0365. The molecule has 2 aromatic carbocycles. The highest BCUT2D eigenvalue weighted by atomic mass is 16.5. The maximum Gasteiger partial charge on any atom is 0.259 e. The first-order valence-corrected chi connectivity index (χ1v) is 8.71. The number of fused-ring (bicyclic) bond motifs is 1. The van der Waals surface area contributed by atoms with E-state index in [1.54, 1.807) is 22.9 Å². The summed E-state index contributed by atoms with van der Waals surface area (Å²) in [5.41, 5.74) is 4.49. The Morgan fingerprint density at radius 2 is 1.86 bits per heavy atom. The lowest BCUT2D eigenvalue weighted by atomic mass is 10.2. The quantitative estimate of drug-likeness (QED) is 0.492. The van der Waals surface area contributed by atoms with Crippen LogP contribution < -0.4 is 19.6 Å². The van der Waals surface area contributed by atoms with Gasteiger partial charge in [-0.3, -0.25) is 4.79 Å². The molecule has 3 aromatic rings. The first-order chi connectivity index (χ1) is 14.1. The van der Waals surface area contributed by atoms with Crippen molar-refractivity contribution < 1.29 is 19.0 Å². The van der Waals surface area contributed by atoms with Crippen LogP contribution in [0.25, 0.3) is 10.9 Å². The lowest BCUT2D eigenvalue weighted by Crippen LogP contribution is -2.22. The average molecular weight is 392 g/mol. The Bertz CT molecular complexity index is 1090. The number of hydrogen-bond acceptors (Lipinski definition) is 6. The van der Waals surface area contributed by atoms with Crippen molar-refractivity contribution in [1.29, 1.82) is 5.26 Å². The van der Waals surface area contributed by atoms with Crippen LogP contribution in [0.3, 0.4) is 0 Å². The van der Waals surface area contributed by atoms with Crippen LogP contribution in [0, 0.1) is 11.3 Å². The average Bonchev–Trinajstić information content (AvgIpc) is 3.10. The van der Waals surface area contributed by atoms with Gasteiger partial charge in [-0.2, -0.15) is 10.4 Å². The standard InChI is InChI=1S/C21H20N4O4/c1-27-18-8-14(9-19(28-2)21(18)29-3)11-23-24-20(26)13-25-12-15(10-22)16-6-4-5-7-17(16)25/h4-9,11-12H,13H2,1-3H3,(H,24,26). The number of nitriles is 1. The number of carbonyl (C=O) groups excluding carboxylic acids is 1. The van der Waals surface area contributed by atoms with Crippen LogP contribution in [0.1, 0.15) is 11.1 Å². The number of nitrogens with zero attached hydrogens (tertiary/aromatic N) is 3. The van der Waals surface area contributed by atoms with Crippen LogP contribution in [-0.2, 0) is 11.3 Å². The molecule has 0 atom stereocenters. The van der Waals surface area contributed by atoms with Crippen LogP contribution in [0.2, 0.25) is 0 Å². The molecule has 0 saturated heterocycles. The third-order valence-corrected chi connectivity index (χ3v) is 4.31. The zero-order valence-electron chi connectivity index (χ0n) is 16.3. The van der Waals surface area contributed by atoms with Crippen LogP contribution in [-0.4, -0.2) is 38.0 Å². The van der Waals surface area contributed by atoms with Crippen LogP contribution >= 0.6 is 0 Å². The molecule has 148 valence electrons. The molecule has 29 heavy (non-hydrogen) atoms. The van der Waals surface area contributed by atoms with Crippen molar-refractivity contribution in [3.05, 3.63) is 53.7 Å². The van der Waals surface area contributed by atoms with Crippen molar-refractivity contribution in [3.8, 4) is 23.3 Å². The summed E-state index contributed by atoms with van der Waals surface area (Å²) < 4.78 is 17.6. The van der Waals surface area contributed by atoms with E-state index in [-0.39, 0.29) is 12.5 Å². The number of carbonyl (C=O) groups is 1. The molecule has 8 nitrogen and oxygen atoms in total. The first-order valence-electron chi connectivity index (χ1n) is 8.71. The lowest BCUT2D eigenvalue weighted by molar-refractivity contribution is -0.121. The fraction of sp³-hybridized carbons (Fsp3) is 0.190. The second kappa shape index (κ2) is 8.80. The summed E-state index contributed by atoms with van der Waals surface area (Å²) in [6.07, 6.45) is 3.14. The third kappa shape index (κ3) is 4.14. The molecule has 0 bridgehead atoms. The Labute approximate surface area is 167 Å². The van der Waals surface area contributed by atoms with Crippen LogP contribution in [0.5, 0.6) is 17.2 Å². The van der Waals surface area contributed by atoms with Gasteiger partial charge in [0.2, 0.25) is 5.75 Å². The van der Waals surface area contributed by atoms with E-state index in [1.807, 2.05) is 24.3 Å². The van der Waals surface area contributed by atoms with Crippen molar-refractivity contribution in [2.75, 3.05) is 21.3 Å². The molecular formula is C21H20N4O4. The van der Waals surface area contributed by atoms with E-state index in [0.29, 0.717) is 28.4 Å². The monoisotopic (exact) mass is 392 g/mol. The van der Waals surface area contributed by atoms with Gasteiger partial charge in [-0.25, -0.2) is 5.43 Å². The third-order valence-electron chi connectivity index (χ3n) is 4.31. The molecule has 1 aromatic heterocycles. The summed E-state index contributed by atoms with van der Waals surface area (Å²) in [6.45, 7) is 0.0365. The van der Waals surface area contributed by atoms with Gasteiger partial charge in [-0.05, 0) is 18.2 Å². The van der Waals surface area contributed by atoms with Gasteiger partial charge in [0.25, 0.3) is 5.91 Å². The largest absolute Gasteiger partial charge is 0.493 e. The van der Waals surface area contributed by atoms with Gasteiger partial charge in [0, 0.05) is 22.7 Å². The van der Waals surface area contributed by atoms with Crippen molar-refractivity contribution in [2.24, 2.45) is 5.10 Å². The van der Waals surface area contributed by atoms with Crippen molar-refractivity contribution in [1.82, 2.24) is 9.99 Å².